The Morgan fingerprint density at radius 3 is 1.85 bits per heavy atom. The van der Waals surface area contributed by atoms with E-state index in [4.69, 9.17) is 29.0 Å². The van der Waals surface area contributed by atoms with E-state index in [1.807, 2.05) is 6.07 Å². The molecule has 1 rings (SSSR count). The fraction of sp³-hybridized carbons (Fsp3) is 0.727. The molecule has 2 nitrogen and oxygen atoms in total. The fourth-order valence-electron chi connectivity index (χ4n) is 3.37. The minimum atomic E-state index is -3.37. The van der Waals surface area contributed by atoms with Gasteiger partial charge in [0.25, 0.3) is 0 Å². The van der Waals surface area contributed by atoms with E-state index < -0.39 is 6.12 Å². The molecule has 0 aromatic heterocycles. The van der Waals surface area contributed by atoms with E-state index in [2.05, 4.69) is 26.0 Å². The first kappa shape index (κ1) is 25.1. The summed E-state index contributed by atoms with van der Waals surface area (Å²) in [4.78, 5) is 11.9. The SMILES string of the molecule is CCCCCCCCc1ccc(CCCCCCCC)c(O[P+]([O-])([S-])[S-])c1. The Kier molecular flexibility index (Phi) is 14.0. The molecule has 27 heavy (non-hydrogen) atoms. The van der Waals surface area contributed by atoms with Crippen LogP contribution in [0.2, 0.25) is 0 Å². The van der Waals surface area contributed by atoms with E-state index in [0.29, 0.717) is 5.75 Å². The van der Waals surface area contributed by atoms with Crippen molar-refractivity contribution in [2.24, 2.45) is 0 Å². The standard InChI is InChI=1S/C22H39O2PS2/c1-3-5-7-9-11-13-15-20-17-18-21(16-14-12-10-8-6-4-2)22(19-20)24-25(23,26)27/h17-19H,3-16H2,1-2H3,(H2,23,26,27)/p-2. The predicted octanol–water partition coefficient (Wildman–Crippen LogP) is 7.00. The van der Waals surface area contributed by atoms with Crippen molar-refractivity contribution in [1.82, 2.24) is 0 Å². The third-order valence-electron chi connectivity index (χ3n) is 4.96. The van der Waals surface area contributed by atoms with Crippen molar-refractivity contribution in [3.63, 3.8) is 0 Å². The summed E-state index contributed by atoms with van der Waals surface area (Å²) < 4.78 is 5.51. The number of aryl methyl sites for hydroxylation is 2. The van der Waals surface area contributed by atoms with Crippen molar-refractivity contribution < 1.29 is 9.42 Å². The summed E-state index contributed by atoms with van der Waals surface area (Å²) in [5.41, 5.74) is 2.32. The highest BCUT2D eigenvalue weighted by Crippen LogP contribution is 2.47. The quantitative estimate of drug-likeness (QED) is 0.161. The van der Waals surface area contributed by atoms with Crippen LogP contribution in [0.15, 0.2) is 18.2 Å². The molecular formula is C22H37O2PS2-2. The highest BCUT2D eigenvalue weighted by atomic mass is 33.1. The van der Waals surface area contributed by atoms with Gasteiger partial charge in [-0.05, 0) is 42.9 Å². The van der Waals surface area contributed by atoms with Gasteiger partial charge >= 0.3 is 0 Å². The molecule has 0 radical (unpaired) electrons. The van der Waals surface area contributed by atoms with Crippen LogP contribution in [0.25, 0.3) is 0 Å². The van der Waals surface area contributed by atoms with Crippen LogP contribution in [0.3, 0.4) is 0 Å². The van der Waals surface area contributed by atoms with Crippen LogP contribution < -0.4 is 9.42 Å². The lowest BCUT2D eigenvalue weighted by atomic mass is 10.00. The molecule has 156 valence electrons. The average molecular weight is 429 g/mol. The van der Waals surface area contributed by atoms with Crippen LogP contribution in [0, 0.1) is 0 Å². The van der Waals surface area contributed by atoms with Gasteiger partial charge in [0.2, 0.25) is 0 Å². The highest BCUT2D eigenvalue weighted by Gasteiger charge is 2.09. The maximum absolute atomic E-state index is 11.9. The molecule has 1 aromatic rings. The van der Waals surface area contributed by atoms with Crippen molar-refractivity contribution in [3.05, 3.63) is 29.3 Å². The Labute approximate surface area is 178 Å². The summed E-state index contributed by atoms with van der Waals surface area (Å²) in [6, 6.07) is 6.32. The summed E-state index contributed by atoms with van der Waals surface area (Å²) in [5, 5.41) is 0. The van der Waals surface area contributed by atoms with Crippen molar-refractivity contribution in [2.45, 2.75) is 104 Å². The molecule has 0 spiro atoms. The molecule has 0 saturated carbocycles. The van der Waals surface area contributed by atoms with Gasteiger partial charge < -0.3 is 33.9 Å². The second-order valence-electron chi connectivity index (χ2n) is 7.52. The van der Waals surface area contributed by atoms with E-state index in [1.54, 1.807) is 0 Å². The number of unbranched alkanes of at least 4 members (excludes halogenated alkanes) is 10. The zero-order valence-corrected chi connectivity index (χ0v) is 19.7. The predicted molar refractivity (Wildman–Crippen MR) is 123 cm³/mol. The third-order valence-corrected chi connectivity index (χ3v) is 5.83. The Bertz CT molecular complexity index is 504. The number of hydrogen-bond acceptors (Lipinski definition) is 4. The summed E-state index contributed by atoms with van der Waals surface area (Å²) in [6.45, 7) is 4.48. The van der Waals surface area contributed by atoms with Gasteiger partial charge in [-0.1, -0.05) is 90.2 Å². The topological polar surface area (TPSA) is 32.3 Å². The average Bonchev–Trinajstić information content (AvgIpc) is 2.61. The summed E-state index contributed by atoms with van der Waals surface area (Å²) in [7, 11) is 0. The van der Waals surface area contributed by atoms with Gasteiger partial charge in [0, 0.05) is 0 Å². The van der Waals surface area contributed by atoms with Crippen LogP contribution in [0.4, 0.5) is 0 Å². The first-order chi connectivity index (χ1) is 13.0. The molecule has 0 amide bonds. The summed E-state index contributed by atoms with van der Waals surface area (Å²) >= 11 is 9.70. The Hall–Kier alpha value is 0.110. The molecule has 1 aromatic carbocycles. The smallest absolute Gasteiger partial charge is 0.171 e. The fourth-order valence-corrected chi connectivity index (χ4v) is 4.26. The maximum atomic E-state index is 11.9. The van der Waals surface area contributed by atoms with Gasteiger partial charge in [-0.2, -0.15) is 0 Å². The van der Waals surface area contributed by atoms with E-state index in [9.17, 15) is 4.89 Å². The van der Waals surface area contributed by atoms with Gasteiger partial charge in [-0.15, -0.1) is 6.12 Å². The van der Waals surface area contributed by atoms with E-state index in [-0.39, 0.29) is 0 Å². The highest BCUT2D eigenvalue weighted by molar-refractivity contribution is 8.69. The normalized spacial score (nSPS) is 11.7. The Morgan fingerprint density at radius 1 is 0.778 bits per heavy atom. The van der Waals surface area contributed by atoms with E-state index in [1.165, 1.54) is 76.2 Å². The molecule has 0 unspecified atom stereocenters. The Morgan fingerprint density at radius 2 is 1.30 bits per heavy atom. The molecule has 0 aliphatic rings. The van der Waals surface area contributed by atoms with Gasteiger partial charge in [0.1, 0.15) is 0 Å². The molecule has 0 heterocycles. The van der Waals surface area contributed by atoms with Crippen LogP contribution in [0.5, 0.6) is 5.75 Å². The minimum Gasteiger partial charge on any atom is -0.682 e. The van der Waals surface area contributed by atoms with Crippen molar-refractivity contribution in [2.75, 3.05) is 0 Å². The van der Waals surface area contributed by atoms with E-state index >= 15 is 0 Å². The van der Waals surface area contributed by atoms with Crippen molar-refractivity contribution >= 4 is 30.6 Å². The number of benzene rings is 1. The minimum absolute atomic E-state index is 0.653. The lowest BCUT2D eigenvalue weighted by Crippen LogP contribution is -2.10. The lowest BCUT2D eigenvalue weighted by molar-refractivity contribution is -0.169. The van der Waals surface area contributed by atoms with Crippen LogP contribution >= 0.6 is 6.12 Å². The third kappa shape index (κ3) is 13.0. The number of rotatable bonds is 16. The molecule has 0 aliphatic heterocycles. The molecular weight excluding hydrogens is 391 g/mol. The van der Waals surface area contributed by atoms with Gasteiger partial charge in [-0.25, -0.2) is 0 Å². The molecule has 0 fully saturated rings. The first-order valence-electron chi connectivity index (χ1n) is 10.8. The van der Waals surface area contributed by atoms with Crippen LogP contribution in [0.1, 0.15) is 102 Å². The van der Waals surface area contributed by atoms with Gasteiger partial charge in [0.15, 0.2) is 5.75 Å². The van der Waals surface area contributed by atoms with E-state index in [0.717, 1.165) is 24.8 Å². The van der Waals surface area contributed by atoms with Crippen molar-refractivity contribution in [1.29, 1.82) is 0 Å². The van der Waals surface area contributed by atoms with Gasteiger partial charge in [-0.3, -0.25) is 0 Å². The molecule has 5 heteroatoms. The number of hydrogen-bond donors (Lipinski definition) is 0. The van der Waals surface area contributed by atoms with Gasteiger partial charge in [0.05, 0.1) is 0 Å². The molecule has 0 atom stereocenters. The Balaban J connectivity index is 2.54. The molecule has 0 saturated heterocycles. The lowest BCUT2D eigenvalue weighted by Gasteiger charge is -2.42. The van der Waals surface area contributed by atoms with Crippen molar-refractivity contribution in [3.8, 4) is 5.75 Å². The monoisotopic (exact) mass is 428 g/mol. The summed E-state index contributed by atoms with van der Waals surface area (Å²) in [5.74, 6) is 0.653. The van der Waals surface area contributed by atoms with Crippen LogP contribution in [-0.2, 0) is 37.3 Å². The largest absolute Gasteiger partial charge is 0.682 e. The summed E-state index contributed by atoms with van der Waals surface area (Å²) in [6.07, 6.45) is 13.8. The maximum Gasteiger partial charge on any atom is 0.171 e. The first-order valence-corrected chi connectivity index (χ1v) is 14.4. The second kappa shape index (κ2) is 15.0. The molecule has 0 bridgehead atoms. The molecule has 0 N–H and O–H groups in total. The zero-order valence-electron chi connectivity index (χ0n) is 17.2. The zero-order chi connectivity index (χ0) is 20.0. The van der Waals surface area contributed by atoms with Crippen LogP contribution in [-0.4, -0.2) is 0 Å². The second-order valence-corrected chi connectivity index (χ2v) is 12.2. The molecule has 0 aliphatic carbocycles.